The summed E-state index contributed by atoms with van der Waals surface area (Å²) in [7, 11) is 1.52. The Balaban J connectivity index is 1.69. The normalized spacial score (nSPS) is 11.2. The van der Waals surface area contributed by atoms with E-state index in [1.807, 2.05) is 36.4 Å². The van der Waals surface area contributed by atoms with E-state index in [1.54, 1.807) is 42.5 Å². The van der Waals surface area contributed by atoms with E-state index in [1.165, 1.54) is 14.0 Å². The highest BCUT2D eigenvalue weighted by Gasteiger charge is 2.21. The average molecular weight is 390 g/mol. The van der Waals surface area contributed by atoms with E-state index in [-0.39, 0.29) is 0 Å². The lowest BCUT2D eigenvalue weighted by Crippen LogP contribution is -2.30. The summed E-state index contributed by atoms with van der Waals surface area (Å²) in [6.45, 7) is 1.52. The van der Waals surface area contributed by atoms with Gasteiger partial charge in [-0.3, -0.25) is 4.79 Å². The predicted molar refractivity (Wildman–Crippen MR) is 113 cm³/mol. The van der Waals surface area contributed by atoms with Crippen molar-refractivity contribution in [2.24, 2.45) is 0 Å². The van der Waals surface area contributed by atoms with Crippen LogP contribution in [0.25, 0.3) is 0 Å². The van der Waals surface area contributed by atoms with Gasteiger partial charge >= 0.3 is 5.97 Å². The third-order valence-electron chi connectivity index (χ3n) is 4.22. The van der Waals surface area contributed by atoms with Crippen molar-refractivity contribution in [1.82, 2.24) is 0 Å². The molecule has 6 nitrogen and oxygen atoms in total. The van der Waals surface area contributed by atoms with Gasteiger partial charge in [0, 0.05) is 5.69 Å². The van der Waals surface area contributed by atoms with Gasteiger partial charge in [-0.2, -0.15) is 0 Å². The van der Waals surface area contributed by atoms with Gasteiger partial charge in [0.15, 0.2) is 6.10 Å². The Morgan fingerprint density at radius 3 is 2.17 bits per heavy atom. The first-order chi connectivity index (χ1) is 14.1. The number of carbonyl (C=O) groups is 2. The first kappa shape index (κ1) is 19.9. The van der Waals surface area contributed by atoms with Gasteiger partial charge < -0.3 is 20.1 Å². The maximum atomic E-state index is 12.7. The first-order valence-corrected chi connectivity index (χ1v) is 9.14. The van der Waals surface area contributed by atoms with E-state index in [2.05, 4.69) is 10.6 Å². The van der Waals surface area contributed by atoms with Gasteiger partial charge in [-0.15, -0.1) is 0 Å². The molecule has 0 heterocycles. The highest BCUT2D eigenvalue weighted by molar-refractivity contribution is 6.00. The smallest absolute Gasteiger partial charge is 0.341 e. The largest absolute Gasteiger partial charge is 0.495 e. The minimum absolute atomic E-state index is 0.341. The number of anilines is 3. The third kappa shape index (κ3) is 5.13. The fraction of sp³-hybridized carbons (Fsp3) is 0.130. The quantitative estimate of drug-likeness (QED) is 0.576. The zero-order valence-corrected chi connectivity index (χ0v) is 16.2. The summed E-state index contributed by atoms with van der Waals surface area (Å²) >= 11 is 0. The minimum atomic E-state index is -0.989. The summed E-state index contributed by atoms with van der Waals surface area (Å²) in [4.78, 5) is 25.1. The van der Waals surface area contributed by atoms with E-state index in [9.17, 15) is 9.59 Å². The number of amides is 1. The number of benzene rings is 3. The molecule has 3 rings (SSSR count). The number of methoxy groups -OCH3 is 1. The molecular formula is C23H22N2O4. The molecule has 29 heavy (non-hydrogen) atoms. The molecule has 0 aliphatic rings. The predicted octanol–water partition coefficient (Wildman–Crippen LogP) is 4.62. The molecule has 148 valence electrons. The molecule has 0 saturated carbocycles. The van der Waals surface area contributed by atoms with Crippen molar-refractivity contribution in [2.75, 3.05) is 17.7 Å². The lowest BCUT2D eigenvalue weighted by molar-refractivity contribution is -0.123. The molecule has 6 heteroatoms. The minimum Gasteiger partial charge on any atom is -0.495 e. The highest BCUT2D eigenvalue weighted by atomic mass is 16.5. The van der Waals surface area contributed by atoms with Crippen LogP contribution in [0.2, 0.25) is 0 Å². The molecular weight excluding hydrogens is 368 g/mol. The maximum absolute atomic E-state index is 12.7. The molecule has 0 fully saturated rings. The standard InChI is InChI=1S/C23H22N2O4/c1-16(22(26)25-20-14-8-9-15-21(20)28-2)29-23(27)18-12-6-7-13-19(18)24-17-10-4-3-5-11-17/h3-16,24H,1-2H3,(H,25,26)/t16-/m0/s1. The van der Waals surface area contributed by atoms with Crippen LogP contribution in [0.4, 0.5) is 17.1 Å². The van der Waals surface area contributed by atoms with E-state index in [0.29, 0.717) is 22.7 Å². The van der Waals surface area contributed by atoms with E-state index in [4.69, 9.17) is 9.47 Å². The van der Waals surface area contributed by atoms with Crippen LogP contribution in [-0.4, -0.2) is 25.1 Å². The SMILES string of the molecule is COc1ccccc1NC(=O)[C@H](C)OC(=O)c1ccccc1Nc1ccccc1. The Kier molecular flexibility index (Phi) is 6.47. The van der Waals surface area contributed by atoms with Crippen LogP contribution in [0.1, 0.15) is 17.3 Å². The van der Waals surface area contributed by atoms with Crippen molar-refractivity contribution in [3.63, 3.8) is 0 Å². The molecule has 0 aliphatic carbocycles. The second kappa shape index (κ2) is 9.41. The Morgan fingerprint density at radius 2 is 1.45 bits per heavy atom. The molecule has 0 aromatic heterocycles. The Hall–Kier alpha value is -3.80. The Labute approximate surface area is 169 Å². The number of hydrogen-bond donors (Lipinski definition) is 2. The van der Waals surface area contributed by atoms with E-state index < -0.39 is 18.0 Å². The zero-order valence-electron chi connectivity index (χ0n) is 16.2. The molecule has 2 N–H and O–H groups in total. The van der Waals surface area contributed by atoms with Crippen molar-refractivity contribution in [3.05, 3.63) is 84.4 Å². The number of ether oxygens (including phenoxy) is 2. The lowest BCUT2D eigenvalue weighted by atomic mass is 10.1. The molecule has 1 atom stereocenters. The van der Waals surface area contributed by atoms with Crippen LogP contribution in [-0.2, 0) is 9.53 Å². The van der Waals surface area contributed by atoms with Gasteiger partial charge in [0.05, 0.1) is 24.0 Å². The Bertz CT molecular complexity index is 989. The molecule has 0 bridgehead atoms. The fourth-order valence-corrected chi connectivity index (χ4v) is 2.71. The van der Waals surface area contributed by atoms with E-state index in [0.717, 1.165) is 5.69 Å². The van der Waals surface area contributed by atoms with Crippen LogP contribution in [0.15, 0.2) is 78.9 Å². The number of para-hydroxylation sites is 4. The van der Waals surface area contributed by atoms with Gasteiger partial charge in [-0.05, 0) is 43.3 Å². The van der Waals surface area contributed by atoms with Crippen LogP contribution in [0.3, 0.4) is 0 Å². The van der Waals surface area contributed by atoms with Crippen LogP contribution in [0, 0.1) is 0 Å². The molecule has 0 aliphatic heterocycles. The summed E-state index contributed by atoms with van der Waals surface area (Å²) in [5.74, 6) is -0.514. The first-order valence-electron chi connectivity index (χ1n) is 9.14. The average Bonchev–Trinajstić information content (AvgIpc) is 2.75. The molecule has 3 aromatic rings. The van der Waals surface area contributed by atoms with E-state index >= 15 is 0 Å². The number of esters is 1. The van der Waals surface area contributed by atoms with Crippen LogP contribution < -0.4 is 15.4 Å². The molecule has 0 unspecified atom stereocenters. The number of hydrogen-bond acceptors (Lipinski definition) is 5. The van der Waals surface area contributed by atoms with Crippen LogP contribution in [0.5, 0.6) is 5.75 Å². The summed E-state index contributed by atoms with van der Waals surface area (Å²) in [6.07, 6.45) is -0.989. The third-order valence-corrected chi connectivity index (χ3v) is 4.22. The van der Waals surface area contributed by atoms with Gasteiger partial charge in [0.2, 0.25) is 0 Å². The van der Waals surface area contributed by atoms with Crippen LogP contribution >= 0.6 is 0 Å². The molecule has 3 aromatic carbocycles. The van der Waals surface area contributed by atoms with Crippen molar-refractivity contribution in [3.8, 4) is 5.75 Å². The summed E-state index contributed by atoms with van der Waals surface area (Å²) in [5.41, 5.74) is 2.29. The van der Waals surface area contributed by atoms with Gasteiger partial charge in [-0.25, -0.2) is 4.79 Å². The second-order valence-corrected chi connectivity index (χ2v) is 6.27. The molecule has 1 amide bonds. The zero-order chi connectivity index (χ0) is 20.6. The number of carbonyl (C=O) groups excluding carboxylic acids is 2. The monoisotopic (exact) mass is 390 g/mol. The van der Waals surface area contributed by atoms with Crippen molar-refractivity contribution in [2.45, 2.75) is 13.0 Å². The summed E-state index contributed by atoms with van der Waals surface area (Å²) in [5, 5.41) is 5.91. The van der Waals surface area contributed by atoms with Crippen molar-refractivity contribution < 1.29 is 19.1 Å². The maximum Gasteiger partial charge on any atom is 0.341 e. The Morgan fingerprint density at radius 1 is 0.828 bits per heavy atom. The summed E-state index contributed by atoms with van der Waals surface area (Å²) in [6, 6.07) is 23.5. The van der Waals surface area contributed by atoms with Crippen molar-refractivity contribution in [1.29, 1.82) is 0 Å². The fourth-order valence-electron chi connectivity index (χ4n) is 2.71. The second-order valence-electron chi connectivity index (χ2n) is 6.27. The van der Waals surface area contributed by atoms with Crippen molar-refractivity contribution >= 4 is 28.9 Å². The molecule has 0 spiro atoms. The number of nitrogens with one attached hydrogen (secondary N) is 2. The lowest BCUT2D eigenvalue weighted by Gasteiger charge is -2.16. The molecule has 0 saturated heterocycles. The van der Waals surface area contributed by atoms with Gasteiger partial charge in [0.1, 0.15) is 5.75 Å². The van der Waals surface area contributed by atoms with Gasteiger partial charge in [0.25, 0.3) is 5.91 Å². The molecule has 0 radical (unpaired) electrons. The van der Waals surface area contributed by atoms with Gasteiger partial charge in [-0.1, -0.05) is 42.5 Å². The summed E-state index contributed by atoms with van der Waals surface area (Å²) < 4.78 is 10.6. The number of rotatable bonds is 7. The topological polar surface area (TPSA) is 76.7 Å². The highest BCUT2D eigenvalue weighted by Crippen LogP contribution is 2.24.